The molecule has 1 aliphatic heterocycles. The van der Waals surface area contributed by atoms with Gasteiger partial charge in [-0.3, -0.25) is 4.79 Å². The lowest BCUT2D eigenvalue weighted by Crippen LogP contribution is -2.32. The van der Waals surface area contributed by atoms with Crippen LogP contribution in [0, 0.1) is 5.41 Å². The lowest BCUT2D eigenvalue weighted by Gasteiger charge is -2.33. The summed E-state index contributed by atoms with van der Waals surface area (Å²) in [7, 11) is 0. The van der Waals surface area contributed by atoms with E-state index in [9.17, 15) is 4.79 Å². The van der Waals surface area contributed by atoms with Crippen LogP contribution in [-0.2, 0) is 20.9 Å². The molecule has 1 aromatic rings. The Kier molecular flexibility index (Phi) is 5.64. The molecule has 0 amide bonds. The monoisotopic (exact) mass is 316 g/mol. The first kappa shape index (κ1) is 17.7. The lowest BCUT2D eigenvalue weighted by atomic mass is 9.80. The van der Waals surface area contributed by atoms with Crippen LogP contribution in [0.2, 0.25) is 0 Å². The molecule has 0 saturated carbocycles. The molecule has 1 fully saturated rings. The van der Waals surface area contributed by atoms with Crippen molar-refractivity contribution in [1.82, 2.24) is 0 Å². The Morgan fingerprint density at radius 1 is 1.43 bits per heavy atom. The molecule has 2 rings (SSSR count). The third-order valence-corrected chi connectivity index (χ3v) is 4.83. The van der Waals surface area contributed by atoms with Crippen molar-refractivity contribution in [3.63, 3.8) is 0 Å². The van der Waals surface area contributed by atoms with Crippen molar-refractivity contribution < 1.29 is 14.3 Å². The first-order chi connectivity index (χ1) is 10.8. The minimum Gasteiger partial charge on any atom is -0.461 e. The van der Waals surface area contributed by atoms with E-state index >= 15 is 0 Å². The molecule has 126 valence electrons. The van der Waals surface area contributed by atoms with Gasteiger partial charge < -0.3 is 9.47 Å². The van der Waals surface area contributed by atoms with Gasteiger partial charge >= 0.3 is 5.97 Å². The van der Waals surface area contributed by atoms with Gasteiger partial charge in [-0.15, -0.1) is 6.58 Å². The summed E-state index contributed by atoms with van der Waals surface area (Å²) in [6, 6.07) is 9.76. The number of hydrogen-bond acceptors (Lipinski definition) is 3. The third kappa shape index (κ3) is 4.93. The molecular weight excluding hydrogens is 288 g/mol. The van der Waals surface area contributed by atoms with Crippen molar-refractivity contribution in [2.45, 2.75) is 64.8 Å². The van der Waals surface area contributed by atoms with E-state index in [1.807, 2.05) is 36.4 Å². The number of esters is 1. The van der Waals surface area contributed by atoms with Crippen LogP contribution in [0.5, 0.6) is 0 Å². The Hall–Kier alpha value is -1.61. The van der Waals surface area contributed by atoms with E-state index in [1.54, 1.807) is 0 Å². The molecule has 0 bridgehead atoms. The molecule has 2 atom stereocenters. The molecule has 0 aliphatic carbocycles. The van der Waals surface area contributed by atoms with Gasteiger partial charge in [-0.2, -0.15) is 0 Å². The van der Waals surface area contributed by atoms with Crippen LogP contribution >= 0.6 is 0 Å². The van der Waals surface area contributed by atoms with E-state index in [-0.39, 0.29) is 23.1 Å². The minimum atomic E-state index is -0.226. The quantitative estimate of drug-likeness (QED) is 0.542. The van der Waals surface area contributed by atoms with Gasteiger partial charge in [-0.1, -0.05) is 50.3 Å². The molecule has 1 saturated heterocycles. The SMILES string of the molecule is C=C[C@]1(C)CC[C@@H](C(C)(C)CCC(=O)OCc2ccccc2)O1. The van der Waals surface area contributed by atoms with Gasteiger partial charge in [-0.25, -0.2) is 0 Å². The van der Waals surface area contributed by atoms with Crippen molar-refractivity contribution >= 4 is 5.97 Å². The van der Waals surface area contributed by atoms with E-state index in [0.29, 0.717) is 13.0 Å². The van der Waals surface area contributed by atoms with Crippen molar-refractivity contribution in [3.8, 4) is 0 Å². The zero-order valence-corrected chi connectivity index (χ0v) is 14.5. The summed E-state index contributed by atoms with van der Waals surface area (Å²) in [5.41, 5.74) is 0.739. The van der Waals surface area contributed by atoms with Gasteiger partial charge in [0.2, 0.25) is 0 Å². The number of benzene rings is 1. The van der Waals surface area contributed by atoms with E-state index in [0.717, 1.165) is 24.8 Å². The fourth-order valence-corrected chi connectivity index (χ4v) is 2.96. The van der Waals surface area contributed by atoms with Crippen LogP contribution in [0.15, 0.2) is 43.0 Å². The van der Waals surface area contributed by atoms with Crippen molar-refractivity contribution in [1.29, 1.82) is 0 Å². The predicted molar refractivity (Wildman–Crippen MR) is 92.0 cm³/mol. The Morgan fingerprint density at radius 3 is 2.74 bits per heavy atom. The number of carbonyl (C=O) groups excluding carboxylic acids is 1. The minimum absolute atomic E-state index is 0.0491. The van der Waals surface area contributed by atoms with Gasteiger partial charge in [0.05, 0.1) is 11.7 Å². The van der Waals surface area contributed by atoms with Crippen molar-refractivity contribution in [2.24, 2.45) is 5.41 Å². The average Bonchev–Trinajstić information content (AvgIpc) is 2.96. The van der Waals surface area contributed by atoms with E-state index in [4.69, 9.17) is 9.47 Å². The first-order valence-corrected chi connectivity index (χ1v) is 8.36. The average molecular weight is 316 g/mol. The smallest absolute Gasteiger partial charge is 0.306 e. The van der Waals surface area contributed by atoms with Gasteiger partial charge in [0.25, 0.3) is 0 Å². The van der Waals surface area contributed by atoms with Crippen molar-refractivity contribution in [2.75, 3.05) is 0 Å². The summed E-state index contributed by atoms with van der Waals surface area (Å²) in [6.45, 7) is 10.6. The van der Waals surface area contributed by atoms with Crippen LogP contribution in [0.4, 0.5) is 0 Å². The van der Waals surface area contributed by atoms with Crippen LogP contribution in [0.3, 0.4) is 0 Å². The second-order valence-corrected chi connectivity index (χ2v) is 7.30. The van der Waals surface area contributed by atoms with Crippen molar-refractivity contribution in [3.05, 3.63) is 48.6 Å². The van der Waals surface area contributed by atoms with Crippen LogP contribution in [0.1, 0.15) is 52.0 Å². The number of ether oxygens (including phenoxy) is 2. The van der Waals surface area contributed by atoms with Crippen LogP contribution in [0.25, 0.3) is 0 Å². The number of rotatable bonds is 7. The lowest BCUT2D eigenvalue weighted by molar-refractivity contribution is -0.146. The molecule has 1 aromatic carbocycles. The molecular formula is C20H28O3. The van der Waals surface area contributed by atoms with Gasteiger partial charge in [0.1, 0.15) is 6.61 Å². The topological polar surface area (TPSA) is 35.5 Å². The fourth-order valence-electron chi connectivity index (χ4n) is 2.96. The summed E-state index contributed by atoms with van der Waals surface area (Å²) >= 11 is 0. The van der Waals surface area contributed by atoms with E-state index in [2.05, 4.69) is 27.4 Å². The molecule has 0 unspecified atom stereocenters. The largest absolute Gasteiger partial charge is 0.461 e. The third-order valence-electron chi connectivity index (χ3n) is 4.83. The molecule has 1 heterocycles. The number of hydrogen-bond donors (Lipinski definition) is 0. The zero-order chi connectivity index (χ0) is 16.9. The molecule has 0 aromatic heterocycles. The molecule has 1 aliphatic rings. The Morgan fingerprint density at radius 2 is 2.13 bits per heavy atom. The standard InChI is InChI=1S/C20H28O3/c1-5-20(4)14-11-17(23-20)19(2,3)13-12-18(21)22-15-16-9-7-6-8-10-16/h5-10,17H,1,11-15H2,2-4H3/t17-,20+/m0/s1. The highest BCUT2D eigenvalue weighted by Crippen LogP contribution is 2.41. The maximum Gasteiger partial charge on any atom is 0.306 e. The van der Waals surface area contributed by atoms with Gasteiger partial charge in [-0.05, 0) is 37.2 Å². The van der Waals surface area contributed by atoms with E-state index in [1.165, 1.54) is 0 Å². The first-order valence-electron chi connectivity index (χ1n) is 8.36. The highest BCUT2D eigenvalue weighted by Gasteiger charge is 2.41. The summed E-state index contributed by atoms with van der Waals surface area (Å²) in [5, 5.41) is 0. The maximum atomic E-state index is 12.0. The maximum absolute atomic E-state index is 12.0. The summed E-state index contributed by atoms with van der Waals surface area (Å²) in [5.74, 6) is -0.147. The van der Waals surface area contributed by atoms with E-state index < -0.39 is 0 Å². The molecule has 0 radical (unpaired) electrons. The fraction of sp³-hybridized carbons (Fsp3) is 0.550. The van der Waals surface area contributed by atoms with Gasteiger partial charge in [0, 0.05) is 6.42 Å². The molecule has 0 spiro atoms. The van der Waals surface area contributed by atoms with Crippen LogP contribution in [-0.4, -0.2) is 17.7 Å². The van der Waals surface area contributed by atoms with Gasteiger partial charge in [0.15, 0.2) is 0 Å². The second kappa shape index (κ2) is 7.31. The number of carbonyl (C=O) groups is 1. The summed E-state index contributed by atoms with van der Waals surface area (Å²) < 4.78 is 11.5. The zero-order valence-electron chi connectivity index (χ0n) is 14.5. The highest BCUT2D eigenvalue weighted by molar-refractivity contribution is 5.69. The summed E-state index contributed by atoms with van der Waals surface area (Å²) in [6.07, 6.45) is 5.23. The normalized spacial score (nSPS) is 24.4. The molecule has 23 heavy (non-hydrogen) atoms. The Bertz CT molecular complexity index is 535. The molecule has 3 nitrogen and oxygen atoms in total. The van der Waals surface area contributed by atoms with Crippen LogP contribution < -0.4 is 0 Å². The second-order valence-electron chi connectivity index (χ2n) is 7.30. The predicted octanol–water partition coefficient (Wildman–Crippen LogP) is 4.66. The molecule has 3 heteroatoms. The molecule has 0 N–H and O–H groups in total. The summed E-state index contributed by atoms with van der Waals surface area (Å²) in [4.78, 5) is 12.0. The highest BCUT2D eigenvalue weighted by atomic mass is 16.5. The Balaban J connectivity index is 1.78. The Labute approximate surface area is 139 Å².